The zero-order valence-electron chi connectivity index (χ0n) is 12.9. The lowest BCUT2D eigenvalue weighted by Crippen LogP contribution is -2.22. The highest BCUT2D eigenvalue weighted by Crippen LogP contribution is 2.32. The topological polar surface area (TPSA) is 41.1 Å². The summed E-state index contributed by atoms with van der Waals surface area (Å²) in [6, 6.07) is 10.8. The maximum Gasteiger partial charge on any atom is 0.137 e. The van der Waals surface area contributed by atoms with Gasteiger partial charge in [-0.05, 0) is 25.8 Å². The minimum atomic E-state index is 0.596. The van der Waals surface area contributed by atoms with Gasteiger partial charge >= 0.3 is 0 Å². The van der Waals surface area contributed by atoms with E-state index in [2.05, 4.69) is 57.4 Å². The molecule has 4 nitrogen and oxygen atoms in total. The molecule has 21 heavy (non-hydrogen) atoms. The SMILES string of the molecule is CNc1nc(C)nc(N2CCC(c3ccccc3)C2)c1C. The molecular formula is C17H22N4. The maximum atomic E-state index is 4.67. The quantitative estimate of drug-likeness (QED) is 0.939. The van der Waals surface area contributed by atoms with Crippen molar-refractivity contribution in [3.8, 4) is 0 Å². The molecule has 4 heteroatoms. The Hall–Kier alpha value is -2.10. The Bertz CT molecular complexity index is 624. The fraction of sp³-hybridized carbons (Fsp3) is 0.412. The summed E-state index contributed by atoms with van der Waals surface area (Å²) >= 11 is 0. The molecule has 0 radical (unpaired) electrons. The maximum absolute atomic E-state index is 4.67. The smallest absolute Gasteiger partial charge is 0.137 e. The second-order valence-corrected chi connectivity index (χ2v) is 5.66. The summed E-state index contributed by atoms with van der Waals surface area (Å²) in [7, 11) is 1.91. The van der Waals surface area contributed by atoms with E-state index < -0.39 is 0 Å². The zero-order valence-corrected chi connectivity index (χ0v) is 12.9. The minimum Gasteiger partial charge on any atom is -0.373 e. The first-order valence-corrected chi connectivity index (χ1v) is 7.52. The molecule has 1 aliphatic heterocycles. The fourth-order valence-corrected chi connectivity index (χ4v) is 3.11. The van der Waals surface area contributed by atoms with Crippen LogP contribution in [0.1, 0.15) is 29.3 Å². The van der Waals surface area contributed by atoms with Crippen molar-refractivity contribution in [3.05, 3.63) is 47.3 Å². The van der Waals surface area contributed by atoms with Crippen molar-refractivity contribution >= 4 is 11.6 Å². The predicted octanol–water partition coefficient (Wildman–Crippen LogP) is 3.13. The first-order valence-electron chi connectivity index (χ1n) is 7.52. The number of nitrogens with zero attached hydrogens (tertiary/aromatic N) is 3. The standard InChI is InChI=1S/C17H22N4/c1-12-16(18-3)19-13(2)20-17(12)21-10-9-15(11-21)14-7-5-4-6-8-14/h4-8,15H,9-11H2,1-3H3,(H,18,19,20). The number of hydrogen-bond donors (Lipinski definition) is 1. The lowest BCUT2D eigenvalue weighted by molar-refractivity contribution is 0.773. The van der Waals surface area contributed by atoms with Crippen LogP contribution >= 0.6 is 0 Å². The van der Waals surface area contributed by atoms with Gasteiger partial charge < -0.3 is 10.2 Å². The van der Waals surface area contributed by atoms with E-state index in [1.165, 1.54) is 12.0 Å². The third kappa shape index (κ3) is 2.71. The first-order chi connectivity index (χ1) is 10.2. The van der Waals surface area contributed by atoms with Crippen LogP contribution in [-0.2, 0) is 0 Å². The van der Waals surface area contributed by atoms with E-state index in [-0.39, 0.29) is 0 Å². The van der Waals surface area contributed by atoms with Crippen LogP contribution in [0.5, 0.6) is 0 Å². The largest absolute Gasteiger partial charge is 0.373 e. The molecule has 0 aliphatic carbocycles. The molecule has 0 bridgehead atoms. The zero-order chi connectivity index (χ0) is 14.8. The van der Waals surface area contributed by atoms with Crippen molar-refractivity contribution in [2.24, 2.45) is 0 Å². The van der Waals surface area contributed by atoms with Crippen molar-refractivity contribution in [1.29, 1.82) is 0 Å². The average molecular weight is 282 g/mol. The Morgan fingerprint density at radius 2 is 1.90 bits per heavy atom. The molecule has 2 heterocycles. The second kappa shape index (κ2) is 5.72. The first kappa shape index (κ1) is 13.9. The molecule has 1 N–H and O–H groups in total. The minimum absolute atomic E-state index is 0.596. The molecule has 2 aromatic rings. The van der Waals surface area contributed by atoms with Crippen molar-refractivity contribution in [2.75, 3.05) is 30.4 Å². The van der Waals surface area contributed by atoms with Crippen LogP contribution < -0.4 is 10.2 Å². The number of aromatic nitrogens is 2. The predicted molar refractivity (Wildman–Crippen MR) is 87.1 cm³/mol. The summed E-state index contributed by atoms with van der Waals surface area (Å²) in [6.45, 7) is 6.13. The summed E-state index contributed by atoms with van der Waals surface area (Å²) in [4.78, 5) is 11.5. The van der Waals surface area contributed by atoms with Gasteiger partial charge in [-0.15, -0.1) is 0 Å². The Labute approximate surface area is 126 Å². The van der Waals surface area contributed by atoms with Crippen LogP contribution in [0.15, 0.2) is 30.3 Å². The van der Waals surface area contributed by atoms with Crippen LogP contribution in [-0.4, -0.2) is 30.1 Å². The van der Waals surface area contributed by atoms with Gasteiger partial charge in [0.15, 0.2) is 0 Å². The van der Waals surface area contributed by atoms with Gasteiger partial charge in [0.1, 0.15) is 17.5 Å². The molecule has 0 amide bonds. The van der Waals surface area contributed by atoms with Gasteiger partial charge in [0.25, 0.3) is 0 Å². The highest BCUT2D eigenvalue weighted by molar-refractivity contribution is 5.59. The van der Waals surface area contributed by atoms with Gasteiger partial charge in [0, 0.05) is 31.6 Å². The van der Waals surface area contributed by atoms with E-state index in [0.717, 1.165) is 36.1 Å². The van der Waals surface area contributed by atoms with E-state index in [9.17, 15) is 0 Å². The molecule has 1 aromatic carbocycles. The van der Waals surface area contributed by atoms with E-state index in [0.29, 0.717) is 5.92 Å². The summed E-state index contributed by atoms with van der Waals surface area (Å²) in [5, 5.41) is 3.17. The number of nitrogens with one attached hydrogen (secondary N) is 1. The fourth-order valence-electron chi connectivity index (χ4n) is 3.11. The van der Waals surface area contributed by atoms with E-state index in [1.807, 2.05) is 14.0 Å². The van der Waals surface area contributed by atoms with Gasteiger partial charge in [-0.1, -0.05) is 30.3 Å². The molecular weight excluding hydrogens is 260 g/mol. The number of hydrogen-bond acceptors (Lipinski definition) is 4. The van der Waals surface area contributed by atoms with Gasteiger partial charge in [0.05, 0.1) is 0 Å². The molecule has 0 spiro atoms. The monoisotopic (exact) mass is 282 g/mol. The summed E-state index contributed by atoms with van der Waals surface area (Å²) < 4.78 is 0. The van der Waals surface area contributed by atoms with E-state index in [4.69, 9.17) is 0 Å². The van der Waals surface area contributed by atoms with Crippen LogP contribution in [0.4, 0.5) is 11.6 Å². The number of anilines is 2. The number of rotatable bonds is 3. The number of benzene rings is 1. The van der Waals surface area contributed by atoms with Crippen molar-refractivity contribution in [3.63, 3.8) is 0 Å². The Kier molecular flexibility index (Phi) is 3.78. The lowest BCUT2D eigenvalue weighted by Gasteiger charge is -2.21. The lowest BCUT2D eigenvalue weighted by atomic mass is 9.99. The molecule has 3 rings (SSSR count). The summed E-state index contributed by atoms with van der Waals surface area (Å²) in [5.41, 5.74) is 2.56. The van der Waals surface area contributed by atoms with Gasteiger partial charge in [-0.25, -0.2) is 9.97 Å². The van der Waals surface area contributed by atoms with Crippen molar-refractivity contribution in [1.82, 2.24) is 9.97 Å². The molecule has 1 fully saturated rings. The Morgan fingerprint density at radius 1 is 1.14 bits per heavy atom. The molecule has 0 saturated carbocycles. The number of aryl methyl sites for hydroxylation is 1. The average Bonchev–Trinajstić information content (AvgIpc) is 3.00. The Morgan fingerprint density at radius 3 is 2.62 bits per heavy atom. The molecule has 1 aromatic heterocycles. The van der Waals surface area contributed by atoms with Gasteiger partial charge in [-0.3, -0.25) is 0 Å². The molecule has 1 unspecified atom stereocenters. The summed E-state index contributed by atoms with van der Waals surface area (Å²) in [6.07, 6.45) is 1.18. The molecule has 1 saturated heterocycles. The third-order valence-electron chi connectivity index (χ3n) is 4.23. The van der Waals surface area contributed by atoms with Crippen LogP contribution in [0, 0.1) is 13.8 Å². The van der Waals surface area contributed by atoms with Gasteiger partial charge in [-0.2, -0.15) is 0 Å². The molecule has 1 atom stereocenters. The van der Waals surface area contributed by atoms with Crippen LogP contribution in [0.25, 0.3) is 0 Å². The van der Waals surface area contributed by atoms with Crippen LogP contribution in [0.3, 0.4) is 0 Å². The van der Waals surface area contributed by atoms with E-state index in [1.54, 1.807) is 0 Å². The normalized spacial score (nSPS) is 18.0. The third-order valence-corrected chi connectivity index (χ3v) is 4.23. The van der Waals surface area contributed by atoms with Crippen molar-refractivity contribution < 1.29 is 0 Å². The summed E-state index contributed by atoms with van der Waals surface area (Å²) in [5.74, 6) is 3.42. The highest BCUT2D eigenvalue weighted by atomic mass is 15.2. The van der Waals surface area contributed by atoms with Crippen LogP contribution in [0.2, 0.25) is 0 Å². The Balaban J connectivity index is 1.85. The molecule has 110 valence electrons. The second-order valence-electron chi connectivity index (χ2n) is 5.66. The van der Waals surface area contributed by atoms with Crippen molar-refractivity contribution in [2.45, 2.75) is 26.2 Å². The van der Waals surface area contributed by atoms with Gasteiger partial charge in [0.2, 0.25) is 0 Å². The highest BCUT2D eigenvalue weighted by Gasteiger charge is 2.26. The van der Waals surface area contributed by atoms with E-state index >= 15 is 0 Å². The molecule has 1 aliphatic rings.